The molecule has 0 radical (unpaired) electrons. The first-order chi connectivity index (χ1) is 13.1. The van der Waals surface area contributed by atoms with E-state index in [2.05, 4.69) is 4.98 Å². The third kappa shape index (κ3) is 7.52. The lowest BCUT2D eigenvalue weighted by Gasteiger charge is -2.12. The molecule has 0 saturated heterocycles. The number of esters is 1. The summed E-state index contributed by atoms with van der Waals surface area (Å²) in [7, 11) is 0. The van der Waals surface area contributed by atoms with Gasteiger partial charge in [-0.15, -0.1) is 0 Å². The Labute approximate surface area is 162 Å². The van der Waals surface area contributed by atoms with Crippen molar-refractivity contribution < 1.29 is 14.3 Å². The molecule has 0 aliphatic rings. The van der Waals surface area contributed by atoms with Crippen LogP contribution in [-0.2, 0) is 22.6 Å². The van der Waals surface area contributed by atoms with Crippen LogP contribution in [0, 0.1) is 6.92 Å². The lowest BCUT2D eigenvalue weighted by molar-refractivity contribution is -0.142. The summed E-state index contributed by atoms with van der Waals surface area (Å²) in [6.45, 7) is 10.5. The summed E-state index contributed by atoms with van der Waals surface area (Å²) in [5.74, 6) is 1.34. The number of nitrogens with zero attached hydrogens (tertiary/aromatic N) is 2. The largest absolute Gasteiger partial charge is 0.487 e. The van der Waals surface area contributed by atoms with Crippen LogP contribution < -0.4 is 4.74 Å². The molecule has 0 amide bonds. The van der Waals surface area contributed by atoms with E-state index in [-0.39, 0.29) is 12.4 Å². The van der Waals surface area contributed by atoms with Crippen molar-refractivity contribution >= 4 is 12.2 Å². The highest BCUT2D eigenvalue weighted by molar-refractivity contribution is 5.73. The molecule has 0 saturated carbocycles. The maximum absolute atomic E-state index is 11.7. The van der Waals surface area contributed by atoms with Crippen LogP contribution >= 0.6 is 0 Å². The third-order valence-electron chi connectivity index (χ3n) is 3.68. The molecule has 0 N–H and O–H groups in total. The highest BCUT2D eigenvalue weighted by Crippen LogP contribution is 2.20. The first-order valence-electron chi connectivity index (χ1n) is 9.16. The first-order valence-corrected chi connectivity index (χ1v) is 9.16. The Bertz CT molecular complexity index is 757. The smallest absolute Gasteiger partial charge is 0.310 e. The minimum Gasteiger partial charge on any atom is -0.487 e. The molecule has 0 atom stereocenters. The molecule has 1 aromatic carbocycles. The topological polar surface area (TPSA) is 53.4 Å². The summed E-state index contributed by atoms with van der Waals surface area (Å²) in [5, 5.41) is 0. The average molecular weight is 370 g/mol. The second-order valence-corrected chi connectivity index (χ2v) is 5.69. The van der Waals surface area contributed by atoms with E-state index in [1.165, 1.54) is 0 Å². The lowest BCUT2D eigenvalue weighted by Crippen LogP contribution is -2.09. The Morgan fingerprint density at radius 1 is 1.15 bits per heavy atom. The predicted octanol–water partition coefficient (Wildman–Crippen LogP) is 4.95. The predicted molar refractivity (Wildman–Crippen MR) is 110 cm³/mol. The summed E-state index contributed by atoms with van der Waals surface area (Å²) >= 11 is 0. The molecule has 1 heterocycles. The van der Waals surface area contributed by atoms with Gasteiger partial charge in [-0.25, -0.2) is 4.98 Å². The van der Waals surface area contributed by atoms with Crippen LogP contribution in [-0.4, -0.2) is 22.1 Å². The van der Waals surface area contributed by atoms with E-state index < -0.39 is 0 Å². The summed E-state index contributed by atoms with van der Waals surface area (Å²) < 4.78 is 12.9. The molecule has 0 unspecified atom stereocenters. The van der Waals surface area contributed by atoms with Crippen molar-refractivity contribution in [2.24, 2.45) is 0 Å². The normalized spacial score (nSPS) is 10.7. The first kappa shape index (κ1) is 22.2. The second-order valence-electron chi connectivity index (χ2n) is 5.69. The number of ether oxygens (including phenoxy) is 2. The van der Waals surface area contributed by atoms with E-state index in [1.54, 1.807) is 13.1 Å². The standard InChI is InChI=1S/C18H22N2O3.C4H8/c1-4-10-20-14(3)19-12-16(20)13-23-17-9-7-6-8-15(17)11-18(21)22-5-2;1-3-4-2/h4,6-10,12H,5,11,13H2,1-3H3;3-4H,1-2H3/b10-4+;4-3-. The molecule has 27 heavy (non-hydrogen) atoms. The van der Waals surface area contributed by atoms with E-state index >= 15 is 0 Å². The minimum absolute atomic E-state index is 0.206. The summed E-state index contributed by atoms with van der Waals surface area (Å²) in [5.41, 5.74) is 1.77. The van der Waals surface area contributed by atoms with Gasteiger partial charge >= 0.3 is 5.97 Å². The molecule has 5 nitrogen and oxygen atoms in total. The number of carbonyl (C=O) groups is 1. The van der Waals surface area contributed by atoms with Crippen molar-refractivity contribution in [1.82, 2.24) is 9.55 Å². The van der Waals surface area contributed by atoms with Crippen LogP contribution in [0.5, 0.6) is 5.75 Å². The monoisotopic (exact) mass is 370 g/mol. The maximum Gasteiger partial charge on any atom is 0.310 e. The summed E-state index contributed by atoms with van der Waals surface area (Å²) in [6, 6.07) is 7.51. The van der Waals surface area contributed by atoms with Gasteiger partial charge in [0.25, 0.3) is 0 Å². The molecule has 146 valence electrons. The van der Waals surface area contributed by atoms with Crippen molar-refractivity contribution in [1.29, 1.82) is 0 Å². The van der Waals surface area contributed by atoms with Gasteiger partial charge in [0.15, 0.2) is 0 Å². The Morgan fingerprint density at radius 2 is 1.85 bits per heavy atom. The highest BCUT2D eigenvalue weighted by atomic mass is 16.5. The molecular formula is C22H30N2O3. The molecular weight excluding hydrogens is 340 g/mol. The van der Waals surface area contributed by atoms with E-state index in [1.807, 2.05) is 81.0 Å². The number of benzene rings is 1. The number of imidazole rings is 1. The van der Waals surface area contributed by atoms with Gasteiger partial charge in [0.2, 0.25) is 0 Å². The van der Waals surface area contributed by atoms with Gasteiger partial charge in [0, 0.05) is 11.8 Å². The molecule has 2 rings (SSSR count). The number of para-hydroxylation sites is 1. The van der Waals surface area contributed by atoms with Crippen LogP contribution in [0.4, 0.5) is 0 Å². The lowest BCUT2D eigenvalue weighted by atomic mass is 10.1. The van der Waals surface area contributed by atoms with Gasteiger partial charge in [0.05, 0.1) is 24.9 Å². The van der Waals surface area contributed by atoms with Crippen molar-refractivity contribution in [3.63, 3.8) is 0 Å². The highest BCUT2D eigenvalue weighted by Gasteiger charge is 2.11. The maximum atomic E-state index is 11.7. The Morgan fingerprint density at radius 3 is 2.48 bits per heavy atom. The molecule has 0 aliphatic heterocycles. The Kier molecular flexibility index (Phi) is 10.3. The van der Waals surface area contributed by atoms with E-state index in [9.17, 15) is 4.79 Å². The zero-order chi connectivity index (χ0) is 20.1. The quantitative estimate of drug-likeness (QED) is 0.511. The van der Waals surface area contributed by atoms with E-state index in [0.29, 0.717) is 19.0 Å². The number of carbonyl (C=O) groups excluding carboxylic acids is 1. The Balaban J connectivity index is 0.000000828. The molecule has 0 spiro atoms. The SMILES string of the molecule is C/C=C/n1c(COc2ccccc2CC(=O)OCC)cnc1C.C/C=C\C. The van der Waals surface area contributed by atoms with Gasteiger partial charge in [-0.3, -0.25) is 4.79 Å². The van der Waals surface area contributed by atoms with Crippen LogP contribution in [0.1, 0.15) is 44.8 Å². The average Bonchev–Trinajstić information content (AvgIpc) is 3.02. The summed E-state index contributed by atoms with van der Waals surface area (Å²) in [6.07, 6.45) is 9.90. The number of hydrogen-bond donors (Lipinski definition) is 0. The summed E-state index contributed by atoms with van der Waals surface area (Å²) in [4.78, 5) is 16.0. The fourth-order valence-corrected chi connectivity index (χ4v) is 2.27. The fraction of sp³-hybridized carbons (Fsp3) is 0.364. The van der Waals surface area contributed by atoms with Crippen LogP contribution in [0.2, 0.25) is 0 Å². The zero-order valence-electron chi connectivity index (χ0n) is 16.9. The van der Waals surface area contributed by atoms with Crippen molar-refractivity contribution in [2.75, 3.05) is 6.61 Å². The van der Waals surface area contributed by atoms with Crippen molar-refractivity contribution in [3.8, 4) is 5.75 Å². The molecule has 2 aromatic rings. The molecule has 0 bridgehead atoms. The van der Waals surface area contributed by atoms with Crippen molar-refractivity contribution in [2.45, 2.75) is 47.6 Å². The number of aromatic nitrogens is 2. The molecule has 0 fully saturated rings. The Hall–Kier alpha value is -2.82. The number of aryl methyl sites for hydroxylation is 1. The van der Waals surface area contributed by atoms with Crippen LogP contribution in [0.15, 0.2) is 48.7 Å². The van der Waals surface area contributed by atoms with Gasteiger partial charge in [-0.2, -0.15) is 0 Å². The van der Waals surface area contributed by atoms with Gasteiger partial charge in [0.1, 0.15) is 18.2 Å². The third-order valence-corrected chi connectivity index (χ3v) is 3.68. The number of rotatable bonds is 7. The second kappa shape index (κ2) is 12.5. The van der Waals surface area contributed by atoms with Crippen LogP contribution in [0.3, 0.4) is 0 Å². The van der Waals surface area contributed by atoms with E-state index in [4.69, 9.17) is 9.47 Å². The van der Waals surface area contributed by atoms with Gasteiger partial charge in [-0.1, -0.05) is 36.4 Å². The number of allylic oxidation sites excluding steroid dienone is 3. The van der Waals surface area contributed by atoms with Crippen molar-refractivity contribution in [3.05, 3.63) is 65.8 Å². The van der Waals surface area contributed by atoms with Crippen LogP contribution in [0.25, 0.3) is 6.20 Å². The fourth-order valence-electron chi connectivity index (χ4n) is 2.27. The molecule has 5 heteroatoms. The van der Waals surface area contributed by atoms with Gasteiger partial charge < -0.3 is 14.0 Å². The van der Waals surface area contributed by atoms with Gasteiger partial charge in [-0.05, 0) is 40.7 Å². The molecule has 1 aromatic heterocycles. The molecule has 0 aliphatic carbocycles. The number of hydrogen-bond acceptors (Lipinski definition) is 4. The van der Waals surface area contributed by atoms with E-state index in [0.717, 1.165) is 17.1 Å². The minimum atomic E-state index is -0.252. The zero-order valence-corrected chi connectivity index (χ0v) is 16.9.